The van der Waals surface area contributed by atoms with Gasteiger partial charge in [0, 0.05) is 13.0 Å². The molecule has 4 heteroatoms. The molecule has 1 aromatic rings. The van der Waals surface area contributed by atoms with Crippen LogP contribution in [0.4, 0.5) is 0 Å². The van der Waals surface area contributed by atoms with Gasteiger partial charge < -0.3 is 5.32 Å². The lowest BCUT2D eigenvalue weighted by atomic mass is 10.2. The zero-order valence-corrected chi connectivity index (χ0v) is 11.5. The Morgan fingerprint density at radius 1 is 1.62 bits per heavy atom. The number of thiophene rings is 1. The summed E-state index contributed by atoms with van der Waals surface area (Å²) in [5, 5.41) is 7.13. The topological polar surface area (TPSA) is 29.1 Å². The van der Waals surface area contributed by atoms with Crippen molar-refractivity contribution < 1.29 is 4.79 Å². The minimum absolute atomic E-state index is 0.166. The summed E-state index contributed by atoms with van der Waals surface area (Å²) in [6.45, 7) is 2.96. The fourth-order valence-electron chi connectivity index (χ4n) is 1.41. The van der Waals surface area contributed by atoms with Crippen LogP contribution in [-0.2, 0) is 11.2 Å². The predicted octanol–water partition coefficient (Wildman–Crippen LogP) is 2.80. The summed E-state index contributed by atoms with van der Waals surface area (Å²) in [6.07, 6.45) is 3.55. The van der Waals surface area contributed by atoms with Crippen LogP contribution in [0.15, 0.2) is 16.8 Å². The summed E-state index contributed by atoms with van der Waals surface area (Å²) in [6, 6.07) is 2.08. The Balaban J connectivity index is 2.11. The second-order valence-electron chi connectivity index (χ2n) is 4.00. The number of amides is 1. The van der Waals surface area contributed by atoms with Gasteiger partial charge in [-0.3, -0.25) is 4.79 Å². The molecule has 2 nitrogen and oxygen atoms in total. The van der Waals surface area contributed by atoms with Crippen LogP contribution >= 0.6 is 23.1 Å². The van der Waals surface area contributed by atoms with Gasteiger partial charge in [-0.1, -0.05) is 6.92 Å². The SMILES string of the molecule is CSC[C@@H](C)CNC(=O)CCc1ccsc1. The highest BCUT2D eigenvalue weighted by molar-refractivity contribution is 7.98. The van der Waals surface area contributed by atoms with E-state index in [2.05, 4.69) is 29.9 Å². The Labute approximate surface area is 106 Å². The number of carbonyl (C=O) groups excluding carboxylic acids is 1. The van der Waals surface area contributed by atoms with Gasteiger partial charge in [-0.05, 0) is 46.7 Å². The van der Waals surface area contributed by atoms with Crippen molar-refractivity contribution in [2.45, 2.75) is 19.8 Å². The highest BCUT2D eigenvalue weighted by Crippen LogP contribution is 2.08. The van der Waals surface area contributed by atoms with Gasteiger partial charge in [0.1, 0.15) is 0 Å². The molecule has 1 N–H and O–H groups in total. The zero-order valence-electron chi connectivity index (χ0n) is 9.86. The first-order chi connectivity index (χ1) is 7.72. The minimum atomic E-state index is 0.166. The summed E-state index contributed by atoms with van der Waals surface area (Å²) in [7, 11) is 0. The van der Waals surface area contributed by atoms with Crippen molar-refractivity contribution in [1.82, 2.24) is 5.32 Å². The molecule has 0 unspecified atom stereocenters. The average molecular weight is 257 g/mol. The standard InChI is InChI=1S/C12H19NOS2/c1-10(8-15-2)7-13-12(14)4-3-11-5-6-16-9-11/h5-6,9-10H,3-4,7-8H2,1-2H3,(H,13,14)/t10-/m0/s1. The lowest BCUT2D eigenvalue weighted by molar-refractivity contribution is -0.121. The molecule has 1 aromatic heterocycles. The van der Waals surface area contributed by atoms with Gasteiger partial charge in [0.2, 0.25) is 5.91 Å². The maximum Gasteiger partial charge on any atom is 0.220 e. The molecule has 1 amide bonds. The minimum Gasteiger partial charge on any atom is -0.356 e. The van der Waals surface area contributed by atoms with Gasteiger partial charge in [-0.2, -0.15) is 23.1 Å². The Kier molecular flexibility index (Phi) is 6.57. The molecule has 0 aliphatic heterocycles. The van der Waals surface area contributed by atoms with E-state index in [1.54, 1.807) is 11.3 Å². The van der Waals surface area contributed by atoms with Gasteiger partial charge >= 0.3 is 0 Å². The molecule has 0 saturated heterocycles. The van der Waals surface area contributed by atoms with E-state index >= 15 is 0 Å². The van der Waals surface area contributed by atoms with Gasteiger partial charge in [-0.25, -0.2) is 0 Å². The van der Waals surface area contributed by atoms with Crippen LogP contribution in [0.25, 0.3) is 0 Å². The molecule has 0 aliphatic carbocycles. The maximum atomic E-state index is 11.5. The second kappa shape index (κ2) is 7.74. The van der Waals surface area contributed by atoms with E-state index in [1.807, 2.05) is 17.1 Å². The van der Waals surface area contributed by atoms with Crippen molar-refractivity contribution in [3.8, 4) is 0 Å². The molecular formula is C12H19NOS2. The summed E-state index contributed by atoms with van der Waals surface area (Å²) in [4.78, 5) is 11.5. The average Bonchev–Trinajstić information content (AvgIpc) is 2.77. The zero-order chi connectivity index (χ0) is 11.8. The van der Waals surface area contributed by atoms with Gasteiger partial charge in [-0.15, -0.1) is 0 Å². The molecular weight excluding hydrogens is 238 g/mol. The molecule has 0 aromatic carbocycles. The van der Waals surface area contributed by atoms with E-state index in [0.717, 1.165) is 18.7 Å². The molecule has 16 heavy (non-hydrogen) atoms. The normalized spacial score (nSPS) is 12.4. The van der Waals surface area contributed by atoms with Crippen LogP contribution in [0.3, 0.4) is 0 Å². The highest BCUT2D eigenvalue weighted by atomic mass is 32.2. The van der Waals surface area contributed by atoms with Crippen LogP contribution in [0.5, 0.6) is 0 Å². The Morgan fingerprint density at radius 3 is 3.06 bits per heavy atom. The number of carbonyl (C=O) groups is 1. The Hall–Kier alpha value is -0.480. The van der Waals surface area contributed by atoms with Crippen LogP contribution in [0.1, 0.15) is 18.9 Å². The van der Waals surface area contributed by atoms with Crippen molar-refractivity contribution in [3.63, 3.8) is 0 Å². The first kappa shape index (κ1) is 13.6. The van der Waals surface area contributed by atoms with E-state index in [4.69, 9.17) is 0 Å². The van der Waals surface area contributed by atoms with Crippen molar-refractivity contribution in [2.24, 2.45) is 5.92 Å². The summed E-state index contributed by atoms with van der Waals surface area (Å²) < 4.78 is 0. The van der Waals surface area contributed by atoms with E-state index in [9.17, 15) is 4.79 Å². The molecule has 0 fully saturated rings. The van der Waals surface area contributed by atoms with Crippen LogP contribution in [-0.4, -0.2) is 24.5 Å². The third kappa shape index (κ3) is 5.56. The monoisotopic (exact) mass is 257 g/mol. The smallest absolute Gasteiger partial charge is 0.220 e. The van der Waals surface area contributed by atoms with Crippen LogP contribution in [0.2, 0.25) is 0 Å². The molecule has 1 rings (SSSR count). The summed E-state index contributed by atoms with van der Waals surface area (Å²) in [5.41, 5.74) is 1.26. The molecule has 1 heterocycles. The number of hydrogen-bond acceptors (Lipinski definition) is 3. The van der Waals surface area contributed by atoms with Crippen LogP contribution in [0, 0.1) is 5.92 Å². The van der Waals surface area contributed by atoms with Gasteiger partial charge in [0.15, 0.2) is 0 Å². The number of thioether (sulfide) groups is 1. The number of hydrogen-bond donors (Lipinski definition) is 1. The molecule has 90 valence electrons. The van der Waals surface area contributed by atoms with Gasteiger partial charge in [0.25, 0.3) is 0 Å². The van der Waals surface area contributed by atoms with Crippen molar-refractivity contribution in [3.05, 3.63) is 22.4 Å². The van der Waals surface area contributed by atoms with Crippen molar-refractivity contribution in [2.75, 3.05) is 18.6 Å². The first-order valence-electron chi connectivity index (χ1n) is 5.49. The molecule has 0 radical (unpaired) electrons. The molecule has 0 saturated carbocycles. The van der Waals surface area contributed by atoms with E-state index in [0.29, 0.717) is 12.3 Å². The largest absolute Gasteiger partial charge is 0.356 e. The second-order valence-corrected chi connectivity index (χ2v) is 5.69. The predicted molar refractivity (Wildman–Crippen MR) is 73.2 cm³/mol. The number of aryl methyl sites for hydroxylation is 1. The molecule has 0 bridgehead atoms. The van der Waals surface area contributed by atoms with E-state index in [1.165, 1.54) is 5.56 Å². The van der Waals surface area contributed by atoms with Crippen molar-refractivity contribution in [1.29, 1.82) is 0 Å². The molecule has 0 aliphatic rings. The molecule has 1 atom stereocenters. The lowest BCUT2D eigenvalue weighted by Crippen LogP contribution is -2.29. The first-order valence-corrected chi connectivity index (χ1v) is 7.82. The van der Waals surface area contributed by atoms with Crippen molar-refractivity contribution >= 4 is 29.0 Å². The third-order valence-corrected chi connectivity index (χ3v) is 3.95. The van der Waals surface area contributed by atoms with Crippen LogP contribution < -0.4 is 5.32 Å². The Morgan fingerprint density at radius 2 is 2.44 bits per heavy atom. The quantitative estimate of drug-likeness (QED) is 0.814. The number of rotatable bonds is 7. The highest BCUT2D eigenvalue weighted by Gasteiger charge is 2.05. The van der Waals surface area contributed by atoms with E-state index in [-0.39, 0.29) is 5.91 Å². The molecule has 0 spiro atoms. The Bertz CT molecular complexity index is 298. The summed E-state index contributed by atoms with van der Waals surface area (Å²) >= 11 is 3.50. The lowest BCUT2D eigenvalue weighted by Gasteiger charge is -2.10. The van der Waals surface area contributed by atoms with E-state index < -0.39 is 0 Å². The fraction of sp³-hybridized carbons (Fsp3) is 0.583. The summed E-state index contributed by atoms with van der Waals surface area (Å²) in [5.74, 6) is 1.82. The maximum absolute atomic E-state index is 11.5. The van der Waals surface area contributed by atoms with Gasteiger partial charge in [0.05, 0.1) is 0 Å². The third-order valence-electron chi connectivity index (χ3n) is 2.32. The fourth-order valence-corrected chi connectivity index (χ4v) is 2.80. The number of nitrogens with one attached hydrogen (secondary N) is 1.